The van der Waals surface area contributed by atoms with Crippen LogP contribution >= 0.6 is 0 Å². The molecule has 1 atom stereocenters. The summed E-state index contributed by atoms with van der Waals surface area (Å²) in [6, 6.07) is 5.33. The number of nitrogens with one attached hydrogen (secondary N) is 1. The van der Waals surface area contributed by atoms with E-state index in [0.717, 1.165) is 0 Å². The van der Waals surface area contributed by atoms with Crippen LogP contribution in [0.5, 0.6) is 5.75 Å². The summed E-state index contributed by atoms with van der Waals surface area (Å²) in [5.41, 5.74) is 0. The molecule has 0 aromatic heterocycles. The quantitative estimate of drug-likeness (QED) is 0.800. The smallest absolute Gasteiger partial charge is 0.248 e. The average Bonchev–Trinajstić information content (AvgIpc) is 2.45. The van der Waals surface area contributed by atoms with Gasteiger partial charge in [0.2, 0.25) is 15.9 Å². The first-order valence-electron chi connectivity index (χ1n) is 6.74. The number of hydrogen-bond acceptors (Lipinski definition) is 3. The van der Waals surface area contributed by atoms with E-state index in [9.17, 15) is 17.2 Å². The van der Waals surface area contributed by atoms with Gasteiger partial charge in [-0.2, -0.15) is 0 Å². The van der Waals surface area contributed by atoms with Crippen molar-refractivity contribution in [1.29, 1.82) is 0 Å². The average molecular weight is 321 g/mol. The highest BCUT2D eigenvalue weighted by atomic mass is 32.2. The molecular weight excluding hydrogens is 300 g/mol. The lowest BCUT2D eigenvalue weighted by atomic mass is 10.1. The Kier molecular flexibility index (Phi) is 6.10. The van der Waals surface area contributed by atoms with Gasteiger partial charge in [0.25, 0.3) is 0 Å². The minimum atomic E-state index is -3.71. The van der Waals surface area contributed by atoms with Crippen LogP contribution < -0.4 is 9.46 Å². The molecule has 0 spiro atoms. The molecule has 1 aromatic carbocycles. The van der Waals surface area contributed by atoms with Crippen LogP contribution in [0, 0.1) is 0 Å². The van der Waals surface area contributed by atoms with Gasteiger partial charge in [-0.1, -0.05) is 6.92 Å². The number of rotatable bonds is 8. The van der Waals surface area contributed by atoms with Gasteiger partial charge >= 0.3 is 0 Å². The molecular formula is C14H21F2NO3S. The lowest BCUT2D eigenvalue weighted by molar-refractivity contribution is -0.0146. The Morgan fingerprint density at radius 1 is 1.29 bits per heavy atom. The maximum absolute atomic E-state index is 13.2. The van der Waals surface area contributed by atoms with Gasteiger partial charge in [0.15, 0.2) is 0 Å². The second-order valence-electron chi connectivity index (χ2n) is 4.95. The summed E-state index contributed by atoms with van der Waals surface area (Å²) >= 11 is 0. The molecule has 0 saturated heterocycles. The van der Waals surface area contributed by atoms with Gasteiger partial charge in [-0.3, -0.25) is 0 Å². The van der Waals surface area contributed by atoms with Gasteiger partial charge in [0.05, 0.1) is 12.0 Å². The topological polar surface area (TPSA) is 55.4 Å². The van der Waals surface area contributed by atoms with Gasteiger partial charge in [0, 0.05) is 18.9 Å². The van der Waals surface area contributed by atoms with Crippen molar-refractivity contribution in [3.63, 3.8) is 0 Å². The fourth-order valence-electron chi connectivity index (χ4n) is 1.75. The number of methoxy groups -OCH3 is 1. The minimum Gasteiger partial charge on any atom is -0.497 e. The van der Waals surface area contributed by atoms with E-state index in [1.165, 1.54) is 38.3 Å². The highest BCUT2D eigenvalue weighted by molar-refractivity contribution is 7.89. The van der Waals surface area contributed by atoms with Crippen LogP contribution in [0.15, 0.2) is 29.2 Å². The van der Waals surface area contributed by atoms with Crippen LogP contribution in [0.1, 0.15) is 33.1 Å². The fraction of sp³-hybridized carbons (Fsp3) is 0.571. The van der Waals surface area contributed by atoms with Gasteiger partial charge in [0.1, 0.15) is 5.75 Å². The molecule has 0 amide bonds. The molecule has 0 fully saturated rings. The third kappa shape index (κ3) is 5.59. The molecule has 1 rings (SSSR count). The molecule has 7 heteroatoms. The molecule has 120 valence electrons. The molecule has 0 heterocycles. The zero-order valence-corrected chi connectivity index (χ0v) is 13.2. The Balaban J connectivity index is 2.66. The summed E-state index contributed by atoms with van der Waals surface area (Å²) in [7, 11) is -2.23. The highest BCUT2D eigenvalue weighted by Gasteiger charge is 2.27. The second-order valence-corrected chi connectivity index (χ2v) is 6.66. The third-order valence-electron chi connectivity index (χ3n) is 3.19. The third-order valence-corrected chi connectivity index (χ3v) is 4.79. The van der Waals surface area contributed by atoms with Crippen molar-refractivity contribution >= 4 is 10.0 Å². The van der Waals surface area contributed by atoms with Crippen molar-refractivity contribution in [2.24, 2.45) is 0 Å². The summed E-state index contributed by atoms with van der Waals surface area (Å²) in [5.74, 6) is -2.20. The van der Waals surface area contributed by atoms with Crippen LogP contribution in [-0.2, 0) is 10.0 Å². The fourth-order valence-corrected chi connectivity index (χ4v) is 3.03. The molecule has 1 N–H and O–H groups in total. The first-order valence-corrected chi connectivity index (χ1v) is 8.22. The molecule has 0 aliphatic carbocycles. The molecule has 4 nitrogen and oxygen atoms in total. The van der Waals surface area contributed by atoms with Crippen molar-refractivity contribution < 1.29 is 21.9 Å². The van der Waals surface area contributed by atoms with Crippen molar-refractivity contribution in [2.75, 3.05) is 7.11 Å². The van der Waals surface area contributed by atoms with Crippen molar-refractivity contribution in [3.05, 3.63) is 24.3 Å². The number of hydrogen-bond donors (Lipinski definition) is 1. The van der Waals surface area contributed by atoms with E-state index in [2.05, 4.69) is 4.72 Å². The second kappa shape index (κ2) is 7.17. The predicted molar refractivity (Wildman–Crippen MR) is 77.2 cm³/mol. The van der Waals surface area contributed by atoms with Gasteiger partial charge < -0.3 is 4.74 Å². The number of alkyl halides is 2. The Bertz CT molecular complexity index is 544. The monoisotopic (exact) mass is 321 g/mol. The summed E-state index contributed by atoms with van der Waals surface area (Å²) in [6.45, 7) is 2.99. The van der Waals surface area contributed by atoms with E-state index < -0.39 is 22.0 Å². The first kappa shape index (κ1) is 17.8. The molecule has 0 aliphatic rings. The van der Waals surface area contributed by atoms with Crippen LogP contribution in [0.2, 0.25) is 0 Å². The Morgan fingerprint density at radius 2 is 1.86 bits per heavy atom. The predicted octanol–water partition coefficient (Wildman–Crippen LogP) is 3.19. The molecule has 1 unspecified atom stereocenters. The molecule has 0 bridgehead atoms. The highest BCUT2D eigenvalue weighted by Crippen LogP contribution is 2.25. The summed E-state index contributed by atoms with van der Waals surface area (Å²) in [6.07, 6.45) is -0.503. The normalized spacial score (nSPS) is 14.0. The van der Waals surface area contributed by atoms with Crippen LogP contribution in [0.4, 0.5) is 8.78 Å². The lowest BCUT2D eigenvalue weighted by Gasteiger charge is -2.18. The number of ether oxygens (including phenoxy) is 1. The minimum absolute atomic E-state index is 0.0796. The SMILES string of the molecule is CCC(F)(F)CCC(C)NS(=O)(=O)c1ccc(OC)cc1. The standard InChI is InChI=1S/C14H21F2NO3S/c1-4-14(15,16)10-9-11(2)17-21(18,19)13-7-5-12(20-3)6-8-13/h5-8,11,17H,4,9-10H2,1-3H3. The molecule has 0 radical (unpaired) electrons. The summed E-state index contributed by atoms with van der Waals surface area (Å²) < 4.78 is 57.9. The molecule has 21 heavy (non-hydrogen) atoms. The summed E-state index contributed by atoms with van der Waals surface area (Å²) in [5, 5.41) is 0. The molecule has 0 aliphatic heterocycles. The van der Waals surface area contributed by atoms with Gasteiger partial charge in [-0.25, -0.2) is 21.9 Å². The van der Waals surface area contributed by atoms with Crippen molar-refractivity contribution in [3.8, 4) is 5.75 Å². The van der Waals surface area contributed by atoms with Crippen molar-refractivity contribution in [1.82, 2.24) is 4.72 Å². The largest absolute Gasteiger partial charge is 0.497 e. The zero-order valence-electron chi connectivity index (χ0n) is 12.4. The van der Waals surface area contributed by atoms with Crippen LogP contribution in [0.3, 0.4) is 0 Å². The van der Waals surface area contributed by atoms with Gasteiger partial charge in [-0.15, -0.1) is 0 Å². The summed E-state index contributed by atoms with van der Waals surface area (Å²) in [4.78, 5) is 0.0809. The van der Waals surface area contributed by atoms with E-state index in [4.69, 9.17) is 4.74 Å². The lowest BCUT2D eigenvalue weighted by Crippen LogP contribution is -2.33. The van der Waals surface area contributed by atoms with E-state index >= 15 is 0 Å². The molecule has 1 aromatic rings. The maximum Gasteiger partial charge on any atom is 0.248 e. The van der Waals surface area contributed by atoms with E-state index in [1.54, 1.807) is 6.92 Å². The molecule has 0 saturated carbocycles. The Morgan fingerprint density at radius 3 is 2.33 bits per heavy atom. The number of benzene rings is 1. The van der Waals surface area contributed by atoms with Gasteiger partial charge in [-0.05, 0) is 37.6 Å². The Hall–Kier alpha value is -1.21. The van der Waals surface area contributed by atoms with E-state index in [1.807, 2.05) is 0 Å². The first-order chi connectivity index (χ1) is 9.70. The van der Waals surface area contributed by atoms with E-state index in [0.29, 0.717) is 5.75 Å². The van der Waals surface area contributed by atoms with E-state index in [-0.39, 0.29) is 24.2 Å². The van der Waals surface area contributed by atoms with Crippen LogP contribution in [-0.4, -0.2) is 27.5 Å². The van der Waals surface area contributed by atoms with Crippen molar-refractivity contribution in [2.45, 2.75) is 50.0 Å². The van der Waals surface area contributed by atoms with Crippen LogP contribution in [0.25, 0.3) is 0 Å². The number of sulfonamides is 1. The number of halogens is 2. The zero-order chi connectivity index (χ0) is 16.1. The Labute approximate surface area is 124 Å². The maximum atomic E-state index is 13.2.